The van der Waals surface area contributed by atoms with Gasteiger partial charge in [-0.15, -0.1) is 0 Å². The normalized spacial score (nSPS) is 21.4. The topological polar surface area (TPSA) is 52.6 Å². The molecule has 0 radical (unpaired) electrons. The van der Waals surface area contributed by atoms with Gasteiger partial charge < -0.3 is 9.47 Å². The molecule has 0 aromatic rings. The summed E-state index contributed by atoms with van der Waals surface area (Å²) in [5.41, 5.74) is 0. The fraction of sp³-hybridized carbons (Fsp3) is 0.833. The lowest BCUT2D eigenvalue weighted by Gasteiger charge is -2.30. The predicted octanol–water partition coefficient (Wildman–Crippen LogP) is 5.84. The van der Waals surface area contributed by atoms with Crippen molar-refractivity contribution in [1.82, 2.24) is 0 Å². The van der Waals surface area contributed by atoms with Crippen LogP contribution in [0.5, 0.6) is 0 Å². The maximum atomic E-state index is 11.9. The second kappa shape index (κ2) is 13.0. The minimum Gasteiger partial charge on any atom is -0.469 e. The summed E-state index contributed by atoms with van der Waals surface area (Å²) in [6.07, 6.45) is 20.2. The summed E-state index contributed by atoms with van der Waals surface area (Å²) in [6.45, 7) is 0. The van der Waals surface area contributed by atoms with E-state index in [9.17, 15) is 9.59 Å². The fourth-order valence-corrected chi connectivity index (χ4v) is 5.23. The Morgan fingerprint density at radius 2 is 1.07 bits per heavy atom. The number of carbonyl (C=O) groups excluding carboxylic acids is 2. The van der Waals surface area contributed by atoms with Gasteiger partial charge in [0.05, 0.1) is 14.2 Å². The largest absolute Gasteiger partial charge is 0.469 e. The first-order valence-electron chi connectivity index (χ1n) is 11.4. The Bertz CT molecular complexity index is 443. The Hall–Kier alpha value is -1.32. The molecule has 2 aliphatic carbocycles. The van der Waals surface area contributed by atoms with E-state index in [0.717, 1.165) is 12.8 Å². The highest BCUT2D eigenvalue weighted by atomic mass is 16.5. The average molecular weight is 393 g/mol. The molecule has 0 N–H and O–H groups in total. The molecular formula is C24H40O4. The van der Waals surface area contributed by atoms with Crippen LogP contribution in [0.25, 0.3) is 0 Å². The summed E-state index contributed by atoms with van der Waals surface area (Å²) in [5.74, 6) is 1.88. The van der Waals surface area contributed by atoms with Crippen LogP contribution in [0, 0.1) is 23.7 Å². The number of rotatable bonds is 10. The van der Waals surface area contributed by atoms with Gasteiger partial charge in [-0.3, -0.25) is 9.59 Å². The van der Waals surface area contributed by atoms with Gasteiger partial charge >= 0.3 is 11.9 Å². The van der Waals surface area contributed by atoms with E-state index in [-0.39, 0.29) is 11.9 Å². The van der Waals surface area contributed by atoms with Gasteiger partial charge in [-0.2, -0.15) is 0 Å². The van der Waals surface area contributed by atoms with Crippen molar-refractivity contribution in [3.8, 4) is 0 Å². The van der Waals surface area contributed by atoms with Crippen LogP contribution in [0.4, 0.5) is 0 Å². The van der Waals surface area contributed by atoms with Gasteiger partial charge in [-0.05, 0) is 36.5 Å². The van der Waals surface area contributed by atoms with E-state index < -0.39 is 0 Å². The van der Waals surface area contributed by atoms with Crippen LogP contribution in [0.2, 0.25) is 0 Å². The SMILES string of the molecule is COC(=O)CC(CC=CCC(CC(=O)OC)C1CCCCC1)C1CCCCC1. The molecule has 28 heavy (non-hydrogen) atoms. The van der Waals surface area contributed by atoms with Crippen molar-refractivity contribution in [2.75, 3.05) is 14.2 Å². The molecule has 2 rings (SSSR count). The molecule has 160 valence electrons. The maximum Gasteiger partial charge on any atom is 0.305 e. The van der Waals surface area contributed by atoms with Crippen molar-refractivity contribution in [3.63, 3.8) is 0 Å². The summed E-state index contributed by atoms with van der Waals surface area (Å²) in [6, 6.07) is 0. The van der Waals surface area contributed by atoms with E-state index in [4.69, 9.17) is 9.47 Å². The molecule has 4 heteroatoms. The van der Waals surface area contributed by atoms with Gasteiger partial charge in [-0.1, -0.05) is 76.4 Å². The summed E-state index contributed by atoms with van der Waals surface area (Å²) in [5, 5.41) is 0. The van der Waals surface area contributed by atoms with Gasteiger partial charge in [0.25, 0.3) is 0 Å². The fourth-order valence-electron chi connectivity index (χ4n) is 5.23. The highest BCUT2D eigenvalue weighted by Crippen LogP contribution is 2.36. The van der Waals surface area contributed by atoms with Crippen molar-refractivity contribution in [2.45, 2.75) is 89.9 Å². The van der Waals surface area contributed by atoms with E-state index in [2.05, 4.69) is 12.2 Å². The van der Waals surface area contributed by atoms with Crippen LogP contribution in [0.1, 0.15) is 89.9 Å². The molecule has 4 nitrogen and oxygen atoms in total. The van der Waals surface area contributed by atoms with Gasteiger partial charge in [-0.25, -0.2) is 0 Å². The van der Waals surface area contributed by atoms with E-state index in [1.807, 2.05) is 0 Å². The third-order valence-electron chi connectivity index (χ3n) is 6.99. The van der Waals surface area contributed by atoms with Gasteiger partial charge in [0.2, 0.25) is 0 Å². The molecule has 0 amide bonds. The second-order valence-corrected chi connectivity index (χ2v) is 8.82. The van der Waals surface area contributed by atoms with Crippen LogP contribution in [0.15, 0.2) is 12.2 Å². The summed E-state index contributed by atoms with van der Waals surface area (Å²) in [7, 11) is 2.97. The third-order valence-corrected chi connectivity index (χ3v) is 6.99. The first-order valence-corrected chi connectivity index (χ1v) is 11.4. The predicted molar refractivity (Wildman–Crippen MR) is 112 cm³/mol. The Kier molecular flexibility index (Phi) is 10.7. The molecule has 2 saturated carbocycles. The van der Waals surface area contributed by atoms with Crippen molar-refractivity contribution in [1.29, 1.82) is 0 Å². The molecule has 2 aliphatic rings. The minimum atomic E-state index is -0.0882. The molecule has 2 atom stereocenters. The molecular weight excluding hydrogens is 352 g/mol. The molecule has 2 unspecified atom stereocenters. The van der Waals surface area contributed by atoms with Crippen molar-refractivity contribution >= 4 is 11.9 Å². The van der Waals surface area contributed by atoms with E-state index in [0.29, 0.717) is 36.5 Å². The first kappa shape index (κ1) is 23.0. The van der Waals surface area contributed by atoms with Crippen LogP contribution >= 0.6 is 0 Å². The van der Waals surface area contributed by atoms with Crippen LogP contribution in [0.3, 0.4) is 0 Å². The van der Waals surface area contributed by atoms with Crippen molar-refractivity contribution in [3.05, 3.63) is 12.2 Å². The van der Waals surface area contributed by atoms with Gasteiger partial charge in [0.15, 0.2) is 0 Å². The zero-order valence-corrected chi connectivity index (χ0v) is 18.0. The molecule has 0 bridgehead atoms. The number of esters is 2. The number of hydrogen-bond donors (Lipinski definition) is 0. The first-order chi connectivity index (χ1) is 13.6. The lowest BCUT2D eigenvalue weighted by atomic mass is 9.76. The lowest BCUT2D eigenvalue weighted by Crippen LogP contribution is -2.22. The zero-order valence-electron chi connectivity index (χ0n) is 18.0. The summed E-state index contributed by atoms with van der Waals surface area (Å²) >= 11 is 0. The number of ether oxygens (including phenoxy) is 2. The lowest BCUT2D eigenvalue weighted by molar-refractivity contribution is -0.143. The number of allylic oxidation sites excluding steroid dienone is 2. The van der Waals surface area contributed by atoms with E-state index in [1.54, 1.807) is 0 Å². The van der Waals surface area contributed by atoms with Crippen LogP contribution in [-0.4, -0.2) is 26.2 Å². The van der Waals surface area contributed by atoms with Crippen LogP contribution < -0.4 is 0 Å². The smallest absolute Gasteiger partial charge is 0.305 e. The molecule has 2 fully saturated rings. The van der Waals surface area contributed by atoms with Crippen molar-refractivity contribution in [2.24, 2.45) is 23.7 Å². The van der Waals surface area contributed by atoms with E-state index >= 15 is 0 Å². The molecule has 0 saturated heterocycles. The molecule has 0 spiro atoms. The van der Waals surface area contributed by atoms with Crippen LogP contribution in [-0.2, 0) is 19.1 Å². The Morgan fingerprint density at radius 1 is 0.714 bits per heavy atom. The Balaban J connectivity index is 1.90. The van der Waals surface area contributed by atoms with E-state index in [1.165, 1.54) is 78.4 Å². The zero-order chi connectivity index (χ0) is 20.2. The quantitative estimate of drug-likeness (QED) is 0.346. The maximum absolute atomic E-state index is 11.9. The average Bonchev–Trinajstić information content (AvgIpc) is 2.75. The monoisotopic (exact) mass is 392 g/mol. The van der Waals surface area contributed by atoms with Crippen molar-refractivity contribution < 1.29 is 19.1 Å². The second-order valence-electron chi connectivity index (χ2n) is 8.82. The Labute approximate surface area is 171 Å². The molecule has 0 aromatic carbocycles. The number of methoxy groups -OCH3 is 2. The number of carbonyl (C=O) groups is 2. The highest BCUT2D eigenvalue weighted by molar-refractivity contribution is 5.69. The molecule has 0 heterocycles. The molecule has 0 aromatic heterocycles. The third kappa shape index (κ3) is 7.97. The minimum absolute atomic E-state index is 0.0882. The highest BCUT2D eigenvalue weighted by Gasteiger charge is 2.27. The summed E-state index contributed by atoms with van der Waals surface area (Å²) in [4.78, 5) is 23.7. The number of hydrogen-bond acceptors (Lipinski definition) is 4. The van der Waals surface area contributed by atoms with Gasteiger partial charge in [0.1, 0.15) is 0 Å². The van der Waals surface area contributed by atoms with Gasteiger partial charge in [0, 0.05) is 12.8 Å². The Morgan fingerprint density at radius 3 is 1.39 bits per heavy atom. The summed E-state index contributed by atoms with van der Waals surface area (Å²) < 4.78 is 9.87. The molecule has 0 aliphatic heterocycles. The standard InChI is InChI=1S/C24H40O4/c1-27-23(25)17-21(19-11-5-3-6-12-19)15-9-10-16-22(18-24(26)28-2)20-13-7-4-8-14-20/h9-10,19-22H,3-8,11-18H2,1-2H3.